The van der Waals surface area contributed by atoms with Gasteiger partial charge in [0.2, 0.25) is 0 Å². The molecule has 1 fully saturated rings. The van der Waals surface area contributed by atoms with Gasteiger partial charge in [0.15, 0.2) is 0 Å². The predicted molar refractivity (Wildman–Crippen MR) is 69.4 cm³/mol. The Morgan fingerprint density at radius 1 is 1.28 bits per heavy atom. The monoisotopic (exact) mass is 247 g/mol. The minimum absolute atomic E-state index is 0.0619. The van der Waals surface area contributed by atoms with Crippen molar-refractivity contribution in [3.8, 4) is 6.07 Å². The lowest BCUT2D eigenvalue weighted by Crippen LogP contribution is -2.27. The Kier molecular flexibility index (Phi) is 3.70. The van der Waals surface area contributed by atoms with Crippen LogP contribution in [0.4, 0.5) is 11.4 Å². The van der Waals surface area contributed by atoms with Crippen LogP contribution in [-0.4, -0.2) is 39.5 Å². The van der Waals surface area contributed by atoms with E-state index in [1.54, 1.807) is 20.3 Å². The number of anilines is 2. The second-order valence-corrected chi connectivity index (χ2v) is 4.34. The van der Waals surface area contributed by atoms with E-state index in [0.29, 0.717) is 11.3 Å². The van der Waals surface area contributed by atoms with E-state index in [9.17, 15) is 0 Å². The van der Waals surface area contributed by atoms with Crippen LogP contribution in [0.1, 0.15) is 5.56 Å². The molecule has 0 saturated carbocycles. The van der Waals surface area contributed by atoms with Gasteiger partial charge in [-0.2, -0.15) is 5.26 Å². The largest absolute Gasteiger partial charge is 0.398 e. The number of ether oxygens (including phenoxy) is 2. The summed E-state index contributed by atoms with van der Waals surface area (Å²) in [6.45, 7) is 1.53. The fourth-order valence-electron chi connectivity index (χ4n) is 2.26. The van der Waals surface area contributed by atoms with Crippen LogP contribution >= 0.6 is 0 Å². The first-order valence-electron chi connectivity index (χ1n) is 5.79. The Balaban J connectivity index is 2.19. The van der Waals surface area contributed by atoms with E-state index in [0.717, 1.165) is 18.8 Å². The SMILES string of the molecule is COC1CN(c2ccc(C#N)c(N)c2)CC1OC. The summed E-state index contributed by atoms with van der Waals surface area (Å²) in [5.74, 6) is 0. The number of nitrogens with zero attached hydrogens (tertiary/aromatic N) is 2. The van der Waals surface area contributed by atoms with Gasteiger partial charge in [-0.15, -0.1) is 0 Å². The van der Waals surface area contributed by atoms with Crippen LogP contribution in [0.15, 0.2) is 18.2 Å². The zero-order valence-corrected chi connectivity index (χ0v) is 10.6. The quantitative estimate of drug-likeness (QED) is 0.806. The molecule has 5 heteroatoms. The Morgan fingerprint density at radius 3 is 2.33 bits per heavy atom. The van der Waals surface area contributed by atoms with Gasteiger partial charge < -0.3 is 20.1 Å². The average Bonchev–Trinajstić information content (AvgIpc) is 2.81. The number of hydrogen-bond acceptors (Lipinski definition) is 5. The van der Waals surface area contributed by atoms with Crippen molar-refractivity contribution in [3.05, 3.63) is 23.8 Å². The Hall–Kier alpha value is -1.77. The van der Waals surface area contributed by atoms with Gasteiger partial charge in [-0.25, -0.2) is 0 Å². The van der Waals surface area contributed by atoms with E-state index < -0.39 is 0 Å². The zero-order valence-electron chi connectivity index (χ0n) is 10.6. The van der Waals surface area contributed by atoms with Crippen LogP contribution in [0, 0.1) is 11.3 Å². The second-order valence-electron chi connectivity index (χ2n) is 4.34. The first-order valence-corrected chi connectivity index (χ1v) is 5.79. The average molecular weight is 247 g/mol. The molecule has 1 saturated heterocycles. The van der Waals surface area contributed by atoms with Crippen molar-refractivity contribution < 1.29 is 9.47 Å². The van der Waals surface area contributed by atoms with Gasteiger partial charge in [0, 0.05) is 33.0 Å². The molecular formula is C13H17N3O2. The van der Waals surface area contributed by atoms with Gasteiger partial charge in [0.1, 0.15) is 18.3 Å². The highest BCUT2D eigenvalue weighted by atomic mass is 16.5. The maximum Gasteiger partial charge on any atom is 0.102 e. The maximum atomic E-state index is 8.85. The third-order valence-corrected chi connectivity index (χ3v) is 3.34. The molecule has 0 aromatic heterocycles. The van der Waals surface area contributed by atoms with Crippen LogP contribution in [0.2, 0.25) is 0 Å². The van der Waals surface area contributed by atoms with Gasteiger partial charge in [0.25, 0.3) is 0 Å². The lowest BCUT2D eigenvalue weighted by atomic mass is 10.1. The van der Waals surface area contributed by atoms with Gasteiger partial charge in [-0.3, -0.25) is 0 Å². The minimum Gasteiger partial charge on any atom is -0.398 e. The van der Waals surface area contributed by atoms with Crippen molar-refractivity contribution >= 4 is 11.4 Å². The summed E-state index contributed by atoms with van der Waals surface area (Å²) in [6.07, 6.45) is 0.124. The summed E-state index contributed by atoms with van der Waals surface area (Å²) in [5, 5.41) is 8.85. The summed E-state index contributed by atoms with van der Waals surface area (Å²) in [5.41, 5.74) is 7.82. The van der Waals surface area contributed by atoms with E-state index in [4.69, 9.17) is 20.5 Å². The van der Waals surface area contributed by atoms with E-state index in [1.165, 1.54) is 0 Å². The van der Waals surface area contributed by atoms with Crippen molar-refractivity contribution in [2.45, 2.75) is 12.2 Å². The summed E-state index contributed by atoms with van der Waals surface area (Å²) in [4.78, 5) is 2.15. The topological polar surface area (TPSA) is 71.5 Å². The zero-order chi connectivity index (χ0) is 13.1. The van der Waals surface area contributed by atoms with Gasteiger partial charge >= 0.3 is 0 Å². The second kappa shape index (κ2) is 5.25. The van der Waals surface area contributed by atoms with E-state index in [2.05, 4.69) is 11.0 Å². The number of benzene rings is 1. The van der Waals surface area contributed by atoms with Crippen LogP contribution < -0.4 is 10.6 Å². The van der Waals surface area contributed by atoms with Crippen molar-refractivity contribution in [3.63, 3.8) is 0 Å². The number of hydrogen-bond donors (Lipinski definition) is 1. The van der Waals surface area contributed by atoms with Gasteiger partial charge in [-0.1, -0.05) is 0 Å². The fourth-order valence-corrected chi connectivity index (χ4v) is 2.26. The molecule has 2 N–H and O–H groups in total. The molecule has 1 heterocycles. The molecule has 1 aliphatic heterocycles. The number of nitriles is 1. The molecule has 5 nitrogen and oxygen atoms in total. The smallest absolute Gasteiger partial charge is 0.102 e. The first-order chi connectivity index (χ1) is 8.69. The normalized spacial score (nSPS) is 23.1. The molecule has 1 aromatic carbocycles. The number of nitrogen functional groups attached to an aromatic ring is 1. The molecule has 2 unspecified atom stereocenters. The Morgan fingerprint density at radius 2 is 1.89 bits per heavy atom. The number of methoxy groups -OCH3 is 2. The molecule has 1 aromatic rings. The highest BCUT2D eigenvalue weighted by Crippen LogP contribution is 2.26. The highest BCUT2D eigenvalue weighted by molar-refractivity contribution is 5.64. The van der Waals surface area contributed by atoms with E-state index in [1.807, 2.05) is 12.1 Å². The van der Waals surface area contributed by atoms with Gasteiger partial charge in [0.05, 0.1) is 11.3 Å². The van der Waals surface area contributed by atoms with Crippen LogP contribution in [-0.2, 0) is 9.47 Å². The lowest BCUT2D eigenvalue weighted by Gasteiger charge is -2.18. The van der Waals surface area contributed by atoms with Crippen molar-refractivity contribution in [1.82, 2.24) is 0 Å². The lowest BCUT2D eigenvalue weighted by molar-refractivity contribution is -0.00461. The molecule has 2 rings (SSSR count). The molecule has 0 aliphatic carbocycles. The number of nitrogens with two attached hydrogens (primary N) is 1. The molecule has 0 radical (unpaired) electrons. The van der Waals surface area contributed by atoms with E-state index in [-0.39, 0.29) is 12.2 Å². The molecule has 2 atom stereocenters. The Labute approximate surface area is 107 Å². The molecule has 0 amide bonds. The van der Waals surface area contributed by atoms with Gasteiger partial charge in [-0.05, 0) is 18.2 Å². The highest BCUT2D eigenvalue weighted by Gasteiger charge is 2.33. The minimum atomic E-state index is 0.0619. The summed E-state index contributed by atoms with van der Waals surface area (Å²) in [7, 11) is 3.38. The first kappa shape index (κ1) is 12.7. The van der Waals surface area contributed by atoms with Crippen LogP contribution in [0.3, 0.4) is 0 Å². The summed E-state index contributed by atoms with van der Waals surface area (Å²) < 4.78 is 10.8. The third kappa shape index (κ3) is 2.26. The summed E-state index contributed by atoms with van der Waals surface area (Å²) >= 11 is 0. The molecule has 96 valence electrons. The Bertz CT molecular complexity index is 458. The van der Waals surface area contributed by atoms with Crippen LogP contribution in [0.25, 0.3) is 0 Å². The van der Waals surface area contributed by atoms with Crippen molar-refractivity contribution in [2.24, 2.45) is 0 Å². The van der Waals surface area contributed by atoms with E-state index >= 15 is 0 Å². The molecule has 1 aliphatic rings. The van der Waals surface area contributed by atoms with Crippen molar-refractivity contribution in [2.75, 3.05) is 37.9 Å². The maximum absolute atomic E-state index is 8.85. The summed E-state index contributed by atoms with van der Waals surface area (Å²) in [6, 6.07) is 7.53. The molecule has 18 heavy (non-hydrogen) atoms. The van der Waals surface area contributed by atoms with Crippen molar-refractivity contribution in [1.29, 1.82) is 5.26 Å². The fraction of sp³-hybridized carbons (Fsp3) is 0.462. The number of rotatable bonds is 3. The predicted octanol–water partition coefficient (Wildman–Crippen LogP) is 0.990. The molecule has 0 spiro atoms. The molecular weight excluding hydrogens is 230 g/mol. The standard InChI is InChI=1S/C13H17N3O2/c1-17-12-7-16(8-13(12)18-2)10-4-3-9(6-14)11(15)5-10/h3-5,12-13H,7-8,15H2,1-2H3. The van der Waals surface area contributed by atoms with Crippen LogP contribution in [0.5, 0.6) is 0 Å². The molecule has 0 bridgehead atoms. The third-order valence-electron chi connectivity index (χ3n) is 3.34.